The molecule has 2 heterocycles. The highest BCUT2D eigenvalue weighted by molar-refractivity contribution is 7.13. The van der Waals surface area contributed by atoms with Gasteiger partial charge in [-0.25, -0.2) is 0 Å². The van der Waals surface area contributed by atoms with Crippen LogP contribution >= 0.6 is 22.9 Å². The summed E-state index contributed by atoms with van der Waals surface area (Å²) >= 11 is 7.49. The van der Waals surface area contributed by atoms with E-state index in [2.05, 4.69) is 24.4 Å². The zero-order valence-electron chi connectivity index (χ0n) is 15.4. The van der Waals surface area contributed by atoms with Gasteiger partial charge in [-0.3, -0.25) is 4.79 Å². The van der Waals surface area contributed by atoms with Crippen LogP contribution in [0, 0.1) is 6.92 Å². The van der Waals surface area contributed by atoms with Crippen molar-refractivity contribution in [2.45, 2.75) is 13.5 Å². The van der Waals surface area contributed by atoms with Gasteiger partial charge in [0.05, 0.1) is 5.69 Å². The predicted molar refractivity (Wildman–Crippen MR) is 116 cm³/mol. The molecule has 0 aliphatic carbocycles. The molecule has 0 bridgehead atoms. The molecule has 0 radical (unpaired) electrons. The van der Waals surface area contributed by atoms with Gasteiger partial charge >= 0.3 is 0 Å². The highest BCUT2D eigenvalue weighted by atomic mass is 35.5. The second-order valence-corrected chi connectivity index (χ2v) is 7.91. The van der Waals surface area contributed by atoms with Crippen molar-refractivity contribution in [3.05, 3.63) is 99.5 Å². The van der Waals surface area contributed by atoms with Crippen LogP contribution in [-0.4, -0.2) is 10.5 Å². The molecular weight excluding hydrogens is 388 g/mol. The van der Waals surface area contributed by atoms with E-state index in [1.54, 1.807) is 0 Å². The topological polar surface area (TPSA) is 34.0 Å². The number of aromatic nitrogens is 1. The molecule has 4 aromatic rings. The molecule has 1 N–H and O–H groups in total. The highest BCUT2D eigenvalue weighted by Crippen LogP contribution is 2.35. The van der Waals surface area contributed by atoms with E-state index in [-0.39, 0.29) is 5.91 Å². The van der Waals surface area contributed by atoms with Crippen LogP contribution in [0.5, 0.6) is 0 Å². The van der Waals surface area contributed by atoms with Crippen LogP contribution < -0.4 is 5.32 Å². The normalized spacial score (nSPS) is 10.8. The monoisotopic (exact) mass is 406 g/mol. The van der Waals surface area contributed by atoms with Gasteiger partial charge in [0.15, 0.2) is 0 Å². The quantitative estimate of drug-likeness (QED) is 0.427. The molecule has 28 heavy (non-hydrogen) atoms. The molecule has 3 nitrogen and oxygen atoms in total. The summed E-state index contributed by atoms with van der Waals surface area (Å²) in [7, 11) is 0. The average Bonchev–Trinajstić information content (AvgIpc) is 3.37. The number of nitrogens with zero attached hydrogens (tertiary/aromatic N) is 1. The maximum atomic E-state index is 13.0. The second kappa shape index (κ2) is 8.05. The molecular formula is C23H19ClN2OS. The summed E-state index contributed by atoms with van der Waals surface area (Å²) in [6.45, 7) is 2.55. The SMILES string of the molecule is Cc1ccc(CNC(=O)c2scc(-c3ccc(Cl)cc3)c2-n2cccc2)cc1. The van der Waals surface area contributed by atoms with Crippen molar-refractivity contribution in [1.82, 2.24) is 9.88 Å². The zero-order chi connectivity index (χ0) is 19.5. The number of thiophene rings is 1. The van der Waals surface area contributed by atoms with Crippen molar-refractivity contribution in [2.75, 3.05) is 0 Å². The van der Waals surface area contributed by atoms with Crippen LogP contribution in [0.1, 0.15) is 20.8 Å². The van der Waals surface area contributed by atoms with Gasteiger partial charge in [0.1, 0.15) is 4.88 Å². The van der Waals surface area contributed by atoms with Gasteiger partial charge in [-0.15, -0.1) is 11.3 Å². The Bertz CT molecular complexity index is 1080. The first kappa shape index (κ1) is 18.5. The summed E-state index contributed by atoms with van der Waals surface area (Å²) in [4.78, 5) is 13.7. The third-order valence-corrected chi connectivity index (χ3v) is 5.78. The lowest BCUT2D eigenvalue weighted by molar-refractivity contribution is 0.0955. The fourth-order valence-electron chi connectivity index (χ4n) is 3.06. The lowest BCUT2D eigenvalue weighted by atomic mass is 10.1. The Balaban J connectivity index is 1.65. The summed E-state index contributed by atoms with van der Waals surface area (Å²) < 4.78 is 1.99. The Kier molecular flexibility index (Phi) is 5.33. The Morgan fingerprint density at radius 2 is 1.71 bits per heavy atom. The number of nitrogens with one attached hydrogen (secondary N) is 1. The predicted octanol–water partition coefficient (Wildman–Crippen LogP) is 6.10. The summed E-state index contributed by atoms with van der Waals surface area (Å²) in [6, 6.07) is 19.8. The minimum Gasteiger partial charge on any atom is -0.347 e. The number of aryl methyl sites for hydroxylation is 1. The fraction of sp³-hybridized carbons (Fsp3) is 0.0870. The molecule has 0 saturated carbocycles. The van der Waals surface area contributed by atoms with Gasteiger partial charge in [-0.2, -0.15) is 0 Å². The van der Waals surface area contributed by atoms with Crippen molar-refractivity contribution in [3.8, 4) is 16.8 Å². The van der Waals surface area contributed by atoms with E-state index < -0.39 is 0 Å². The molecule has 2 aromatic heterocycles. The van der Waals surface area contributed by atoms with E-state index in [0.29, 0.717) is 16.4 Å². The van der Waals surface area contributed by atoms with Crippen molar-refractivity contribution >= 4 is 28.8 Å². The fourth-order valence-corrected chi connectivity index (χ4v) is 4.17. The maximum absolute atomic E-state index is 13.0. The molecule has 140 valence electrons. The number of halogens is 1. The maximum Gasteiger partial charge on any atom is 0.263 e. The van der Waals surface area contributed by atoms with Crippen LogP contribution in [0.25, 0.3) is 16.8 Å². The van der Waals surface area contributed by atoms with Gasteiger partial charge in [0.2, 0.25) is 0 Å². The van der Waals surface area contributed by atoms with Crippen LogP contribution in [0.3, 0.4) is 0 Å². The average molecular weight is 407 g/mol. The first-order chi connectivity index (χ1) is 13.6. The molecule has 2 aromatic carbocycles. The second-order valence-electron chi connectivity index (χ2n) is 6.59. The number of carbonyl (C=O) groups is 1. The Labute approximate surface area is 173 Å². The molecule has 0 unspecified atom stereocenters. The molecule has 0 aliphatic heterocycles. The highest BCUT2D eigenvalue weighted by Gasteiger charge is 2.20. The first-order valence-corrected chi connectivity index (χ1v) is 10.2. The van der Waals surface area contributed by atoms with Crippen molar-refractivity contribution in [3.63, 3.8) is 0 Å². The van der Waals surface area contributed by atoms with E-state index >= 15 is 0 Å². The van der Waals surface area contributed by atoms with E-state index in [0.717, 1.165) is 22.4 Å². The van der Waals surface area contributed by atoms with Crippen LogP contribution in [0.4, 0.5) is 0 Å². The van der Waals surface area contributed by atoms with E-state index in [1.807, 2.05) is 70.9 Å². The van der Waals surface area contributed by atoms with Gasteiger partial charge in [-0.1, -0.05) is 53.6 Å². The standard InChI is InChI=1S/C23H19ClN2OS/c1-16-4-6-17(7-5-16)14-25-23(27)22-21(26-12-2-3-13-26)20(15-28-22)18-8-10-19(24)11-9-18/h2-13,15H,14H2,1H3,(H,25,27). The number of amides is 1. The number of carbonyl (C=O) groups excluding carboxylic acids is 1. The molecule has 0 fully saturated rings. The third-order valence-electron chi connectivity index (χ3n) is 4.56. The van der Waals surface area contributed by atoms with E-state index in [9.17, 15) is 4.79 Å². The summed E-state index contributed by atoms with van der Waals surface area (Å²) in [5, 5.41) is 5.77. The minimum atomic E-state index is -0.0745. The van der Waals surface area contributed by atoms with Gasteiger partial charge < -0.3 is 9.88 Å². The van der Waals surface area contributed by atoms with Crippen molar-refractivity contribution < 1.29 is 4.79 Å². The Morgan fingerprint density at radius 3 is 2.39 bits per heavy atom. The van der Waals surface area contributed by atoms with Gasteiger partial charge in [0.25, 0.3) is 5.91 Å². The van der Waals surface area contributed by atoms with Crippen LogP contribution in [0.15, 0.2) is 78.4 Å². The van der Waals surface area contributed by atoms with Gasteiger partial charge in [0, 0.05) is 34.9 Å². The summed E-state index contributed by atoms with van der Waals surface area (Å²) in [6.07, 6.45) is 3.91. The Morgan fingerprint density at radius 1 is 1.04 bits per heavy atom. The summed E-state index contributed by atoms with van der Waals surface area (Å²) in [5.74, 6) is -0.0745. The molecule has 0 saturated heterocycles. The molecule has 0 aliphatic rings. The molecule has 5 heteroatoms. The van der Waals surface area contributed by atoms with Crippen molar-refractivity contribution in [2.24, 2.45) is 0 Å². The van der Waals surface area contributed by atoms with Crippen molar-refractivity contribution in [1.29, 1.82) is 0 Å². The third kappa shape index (κ3) is 3.88. The van der Waals surface area contributed by atoms with E-state index in [1.165, 1.54) is 16.9 Å². The first-order valence-electron chi connectivity index (χ1n) is 8.96. The molecule has 0 atom stereocenters. The molecule has 4 rings (SSSR count). The van der Waals surface area contributed by atoms with Gasteiger partial charge in [-0.05, 0) is 42.3 Å². The number of hydrogen-bond acceptors (Lipinski definition) is 2. The smallest absolute Gasteiger partial charge is 0.263 e. The lowest BCUT2D eigenvalue weighted by Crippen LogP contribution is -2.23. The number of benzene rings is 2. The van der Waals surface area contributed by atoms with E-state index in [4.69, 9.17) is 11.6 Å². The molecule has 0 spiro atoms. The Hall–Kier alpha value is -2.82. The van der Waals surface area contributed by atoms with Crippen LogP contribution in [0.2, 0.25) is 5.02 Å². The lowest BCUT2D eigenvalue weighted by Gasteiger charge is -2.10. The number of rotatable bonds is 5. The number of hydrogen-bond donors (Lipinski definition) is 1. The largest absolute Gasteiger partial charge is 0.347 e. The summed E-state index contributed by atoms with van der Waals surface area (Å²) in [5.41, 5.74) is 5.21. The minimum absolute atomic E-state index is 0.0745. The van der Waals surface area contributed by atoms with Crippen LogP contribution in [-0.2, 0) is 6.54 Å². The zero-order valence-corrected chi connectivity index (χ0v) is 16.9. The molecule has 1 amide bonds.